The zero-order valence-electron chi connectivity index (χ0n) is 11.7. The van der Waals surface area contributed by atoms with Crippen LogP contribution in [0.25, 0.3) is 0 Å². The van der Waals surface area contributed by atoms with Crippen LogP contribution in [0.15, 0.2) is 54.6 Å². The highest BCUT2D eigenvalue weighted by Crippen LogP contribution is 2.40. The van der Waals surface area contributed by atoms with E-state index < -0.39 is 0 Å². The lowest BCUT2D eigenvalue weighted by Crippen LogP contribution is -2.30. The fourth-order valence-corrected chi connectivity index (χ4v) is 2.85. The zero-order chi connectivity index (χ0) is 13.9. The number of nitrogens with one attached hydrogen (secondary N) is 1. The van der Waals surface area contributed by atoms with Gasteiger partial charge in [0, 0.05) is 18.0 Å². The Kier molecular flexibility index (Phi) is 3.83. The van der Waals surface area contributed by atoms with Crippen LogP contribution in [0.5, 0.6) is 0 Å². The van der Waals surface area contributed by atoms with Crippen LogP contribution in [0, 0.1) is 5.82 Å². The summed E-state index contributed by atoms with van der Waals surface area (Å²) in [6, 6.07) is 18.5. The van der Waals surface area contributed by atoms with Crippen LogP contribution < -0.4 is 5.32 Å². The molecule has 0 aliphatic heterocycles. The SMILES string of the molecule is CC(Cc1ccc(F)cc1)NC1CC1c1ccccc1. The Morgan fingerprint density at radius 1 is 1.10 bits per heavy atom. The van der Waals surface area contributed by atoms with E-state index in [0.29, 0.717) is 18.0 Å². The minimum atomic E-state index is -0.166. The van der Waals surface area contributed by atoms with Crippen molar-refractivity contribution in [2.45, 2.75) is 37.8 Å². The number of hydrogen-bond acceptors (Lipinski definition) is 1. The average Bonchev–Trinajstić information content (AvgIpc) is 3.21. The summed E-state index contributed by atoms with van der Waals surface area (Å²) in [5.41, 5.74) is 2.61. The second-order valence-electron chi connectivity index (χ2n) is 5.76. The number of halogens is 1. The minimum Gasteiger partial charge on any atom is -0.311 e. The van der Waals surface area contributed by atoms with Crippen molar-refractivity contribution in [3.8, 4) is 0 Å². The Labute approximate surface area is 119 Å². The molecule has 1 saturated carbocycles. The maximum atomic E-state index is 12.9. The Morgan fingerprint density at radius 3 is 2.50 bits per heavy atom. The highest BCUT2D eigenvalue weighted by Gasteiger charge is 2.38. The molecule has 1 fully saturated rings. The van der Waals surface area contributed by atoms with Gasteiger partial charge in [0.25, 0.3) is 0 Å². The van der Waals surface area contributed by atoms with E-state index in [9.17, 15) is 4.39 Å². The van der Waals surface area contributed by atoms with Gasteiger partial charge in [0.15, 0.2) is 0 Å². The van der Waals surface area contributed by atoms with Crippen molar-refractivity contribution in [3.63, 3.8) is 0 Å². The molecule has 0 spiro atoms. The molecule has 1 nitrogen and oxygen atoms in total. The molecule has 1 aliphatic rings. The maximum Gasteiger partial charge on any atom is 0.123 e. The van der Waals surface area contributed by atoms with Crippen molar-refractivity contribution >= 4 is 0 Å². The largest absolute Gasteiger partial charge is 0.311 e. The molecule has 2 heteroatoms. The van der Waals surface area contributed by atoms with Crippen molar-refractivity contribution in [2.75, 3.05) is 0 Å². The first kappa shape index (κ1) is 13.3. The van der Waals surface area contributed by atoms with Crippen LogP contribution in [-0.2, 0) is 6.42 Å². The molecule has 0 heterocycles. The van der Waals surface area contributed by atoms with Gasteiger partial charge < -0.3 is 5.32 Å². The predicted octanol–water partition coefficient (Wildman–Crippen LogP) is 3.90. The molecule has 3 atom stereocenters. The molecule has 1 aliphatic carbocycles. The molecule has 20 heavy (non-hydrogen) atoms. The molecular weight excluding hydrogens is 249 g/mol. The monoisotopic (exact) mass is 269 g/mol. The van der Waals surface area contributed by atoms with Crippen LogP contribution in [0.3, 0.4) is 0 Å². The van der Waals surface area contributed by atoms with Crippen molar-refractivity contribution in [2.24, 2.45) is 0 Å². The van der Waals surface area contributed by atoms with Gasteiger partial charge in [-0.2, -0.15) is 0 Å². The maximum absolute atomic E-state index is 12.9. The number of hydrogen-bond donors (Lipinski definition) is 1. The summed E-state index contributed by atoms with van der Waals surface area (Å²) in [5.74, 6) is 0.493. The van der Waals surface area contributed by atoms with E-state index in [1.54, 1.807) is 0 Å². The molecular formula is C18H20FN. The summed E-state index contributed by atoms with van der Waals surface area (Å²) in [6.07, 6.45) is 2.16. The van der Waals surface area contributed by atoms with Crippen molar-refractivity contribution in [1.29, 1.82) is 0 Å². The molecule has 3 unspecified atom stereocenters. The second-order valence-corrected chi connectivity index (χ2v) is 5.76. The number of rotatable bonds is 5. The first-order chi connectivity index (χ1) is 9.72. The molecule has 0 saturated heterocycles. The topological polar surface area (TPSA) is 12.0 Å². The number of benzene rings is 2. The summed E-state index contributed by atoms with van der Waals surface area (Å²) >= 11 is 0. The van der Waals surface area contributed by atoms with E-state index in [2.05, 4.69) is 42.6 Å². The lowest BCUT2D eigenvalue weighted by Gasteiger charge is -2.14. The van der Waals surface area contributed by atoms with Crippen LogP contribution in [0.4, 0.5) is 4.39 Å². The van der Waals surface area contributed by atoms with Gasteiger partial charge in [-0.25, -0.2) is 4.39 Å². The van der Waals surface area contributed by atoms with E-state index >= 15 is 0 Å². The van der Waals surface area contributed by atoms with Gasteiger partial charge in [0.05, 0.1) is 0 Å². The Balaban J connectivity index is 1.51. The summed E-state index contributed by atoms with van der Waals surface area (Å²) in [6.45, 7) is 2.20. The van der Waals surface area contributed by atoms with Crippen LogP contribution >= 0.6 is 0 Å². The molecule has 1 N–H and O–H groups in total. The van der Waals surface area contributed by atoms with Gasteiger partial charge in [-0.1, -0.05) is 42.5 Å². The van der Waals surface area contributed by atoms with Crippen LogP contribution in [0.1, 0.15) is 30.4 Å². The molecule has 3 rings (SSSR count). The van der Waals surface area contributed by atoms with E-state index in [-0.39, 0.29) is 5.82 Å². The Bertz CT molecular complexity index is 549. The third-order valence-corrected chi connectivity index (χ3v) is 3.97. The van der Waals surface area contributed by atoms with Gasteiger partial charge in [-0.15, -0.1) is 0 Å². The van der Waals surface area contributed by atoms with Gasteiger partial charge in [0.1, 0.15) is 5.82 Å². The standard InChI is InChI=1S/C18H20FN/c1-13(11-14-7-9-16(19)10-8-14)20-18-12-17(18)15-5-3-2-4-6-15/h2-10,13,17-18,20H,11-12H2,1H3. The Morgan fingerprint density at radius 2 is 1.80 bits per heavy atom. The molecule has 0 bridgehead atoms. The quantitative estimate of drug-likeness (QED) is 0.868. The van der Waals surface area contributed by atoms with Crippen LogP contribution in [0.2, 0.25) is 0 Å². The fraction of sp³-hybridized carbons (Fsp3) is 0.333. The Hall–Kier alpha value is -1.67. The lowest BCUT2D eigenvalue weighted by atomic mass is 10.1. The third-order valence-electron chi connectivity index (χ3n) is 3.97. The van der Waals surface area contributed by atoms with Gasteiger partial charge in [-0.05, 0) is 43.0 Å². The third kappa shape index (κ3) is 3.26. The molecule has 2 aromatic rings. The molecule has 0 radical (unpaired) electrons. The van der Waals surface area contributed by atoms with E-state index in [1.165, 1.54) is 29.7 Å². The van der Waals surface area contributed by atoms with Crippen molar-refractivity contribution in [1.82, 2.24) is 5.32 Å². The van der Waals surface area contributed by atoms with Crippen LogP contribution in [-0.4, -0.2) is 12.1 Å². The van der Waals surface area contributed by atoms with E-state index in [1.807, 2.05) is 12.1 Å². The summed E-state index contributed by atoms with van der Waals surface area (Å²) in [4.78, 5) is 0. The predicted molar refractivity (Wildman–Crippen MR) is 80.3 cm³/mol. The first-order valence-corrected chi connectivity index (χ1v) is 7.28. The van der Waals surface area contributed by atoms with Gasteiger partial charge >= 0.3 is 0 Å². The molecule has 104 valence electrons. The molecule has 0 aromatic heterocycles. The zero-order valence-corrected chi connectivity index (χ0v) is 11.7. The highest BCUT2D eigenvalue weighted by atomic mass is 19.1. The smallest absolute Gasteiger partial charge is 0.123 e. The molecule has 0 amide bonds. The van der Waals surface area contributed by atoms with E-state index in [4.69, 9.17) is 0 Å². The van der Waals surface area contributed by atoms with Crippen molar-refractivity contribution < 1.29 is 4.39 Å². The summed E-state index contributed by atoms with van der Waals surface area (Å²) in [7, 11) is 0. The lowest BCUT2D eigenvalue weighted by molar-refractivity contribution is 0.535. The first-order valence-electron chi connectivity index (χ1n) is 7.28. The minimum absolute atomic E-state index is 0.166. The van der Waals surface area contributed by atoms with Gasteiger partial charge in [-0.3, -0.25) is 0 Å². The summed E-state index contributed by atoms with van der Waals surface area (Å²) < 4.78 is 12.9. The average molecular weight is 269 g/mol. The van der Waals surface area contributed by atoms with Crippen molar-refractivity contribution in [3.05, 3.63) is 71.5 Å². The highest BCUT2D eigenvalue weighted by molar-refractivity contribution is 5.28. The second kappa shape index (κ2) is 5.76. The van der Waals surface area contributed by atoms with E-state index in [0.717, 1.165) is 6.42 Å². The normalized spacial score (nSPS) is 22.5. The molecule has 2 aromatic carbocycles. The fourth-order valence-electron chi connectivity index (χ4n) is 2.85. The summed E-state index contributed by atoms with van der Waals surface area (Å²) in [5, 5.41) is 3.67. The van der Waals surface area contributed by atoms with Gasteiger partial charge in [0.2, 0.25) is 0 Å².